The lowest BCUT2D eigenvalue weighted by Gasteiger charge is -2.21. The van der Waals surface area contributed by atoms with Gasteiger partial charge in [0.1, 0.15) is 19.3 Å². The van der Waals surface area contributed by atoms with Gasteiger partial charge in [-0.05, 0) is 31.6 Å². The van der Waals surface area contributed by atoms with Crippen LogP contribution in [0.1, 0.15) is 426 Å². The van der Waals surface area contributed by atoms with Crippen LogP contribution in [0.4, 0.5) is 0 Å². The van der Waals surface area contributed by atoms with Crippen molar-refractivity contribution in [1.82, 2.24) is 0 Å². The molecule has 0 aliphatic carbocycles. The summed E-state index contributed by atoms with van der Waals surface area (Å²) in [5, 5.41) is 10.6. The summed E-state index contributed by atoms with van der Waals surface area (Å²) in [5.41, 5.74) is 0. The molecule has 0 aliphatic heterocycles. The lowest BCUT2D eigenvalue weighted by Crippen LogP contribution is -2.30. The van der Waals surface area contributed by atoms with Gasteiger partial charge in [-0.1, -0.05) is 375 Å². The number of carbonyl (C=O) groups excluding carboxylic acids is 4. The molecule has 0 aliphatic rings. The predicted octanol–water partition coefficient (Wildman–Crippen LogP) is 24.0. The van der Waals surface area contributed by atoms with Gasteiger partial charge in [0.2, 0.25) is 0 Å². The number of ether oxygens (including phenoxy) is 4. The minimum Gasteiger partial charge on any atom is -0.462 e. The Labute approximate surface area is 607 Å². The van der Waals surface area contributed by atoms with E-state index in [0.29, 0.717) is 25.7 Å². The molecule has 2 unspecified atom stereocenters. The molecule has 0 rings (SSSR count). The van der Waals surface area contributed by atoms with E-state index in [1.807, 2.05) is 0 Å². The van der Waals surface area contributed by atoms with E-state index in [9.17, 15) is 43.2 Å². The summed E-state index contributed by atoms with van der Waals surface area (Å²) < 4.78 is 68.7. The Hall–Kier alpha value is -1.94. The van der Waals surface area contributed by atoms with Gasteiger partial charge in [-0.15, -0.1) is 0 Å². The Morgan fingerprint density at radius 1 is 0.273 bits per heavy atom. The molecule has 17 nitrogen and oxygen atoms in total. The van der Waals surface area contributed by atoms with Gasteiger partial charge in [0, 0.05) is 25.7 Å². The number of hydrogen-bond donors (Lipinski definition) is 3. The van der Waals surface area contributed by atoms with Gasteiger partial charge in [-0.3, -0.25) is 37.3 Å². The predicted molar refractivity (Wildman–Crippen MR) is 405 cm³/mol. The summed E-state index contributed by atoms with van der Waals surface area (Å²) in [6.45, 7) is 7.34. The topological polar surface area (TPSA) is 237 Å². The van der Waals surface area contributed by atoms with Gasteiger partial charge in [0.25, 0.3) is 0 Å². The average molecular weight is 1450 g/mol. The average Bonchev–Trinajstić information content (AvgIpc) is 1.27. The van der Waals surface area contributed by atoms with Crippen molar-refractivity contribution in [2.24, 2.45) is 5.92 Å². The third-order valence-corrected chi connectivity index (χ3v) is 20.7. The monoisotopic (exact) mass is 1450 g/mol. The van der Waals surface area contributed by atoms with Gasteiger partial charge in [-0.2, -0.15) is 0 Å². The third-order valence-electron chi connectivity index (χ3n) is 18.8. The van der Waals surface area contributed by atoms with Crippen molar-refractivity contribution >= 4 is 39.5 Å². The molecule has 3 N–H and O–H groups in total. The second-order valence-electron chi connectivity index (χ2n) is 29.3. The Morgan fingerprint density at radius 2 is 0.465 bits per heavy atom. The normalized spacial score (nSPS) is 13.9. The second kappa shape index (κ2) is 73.0. The fourth-order valence-corrected chi connectivity index (χ4v) is 14.0. The van der Waals surface area contributed by atoms with Crippen LogP contribution in [-0.2, 0) is 65.4 Å². The largest absolute Gasteiger partial charge is 0.472 e. The van der Waals surface area contributed by atoms with Gasteiger partial charge < -0.3 is 33.8 Å². The maximum atomic E-state index is 13.1. The van der Waals surface area contributed by atoms with E-state index in [2.05, 4.69) is 34.6 Å². The molecule has 99 heavy (non-hydrogen) atoms. The smallest absolute Gasteiger partial charge is 0.462 e. The molecule has 5 atom stereocenters. The van der Waals surface area contributed by atoms with Crippen molar-refractivity contribution in [2.45, 2.75) is 445 Å². The van der Waals surface area contributed by atoms with Crippen LogP contribution in [-0.4, -0.2) is 96.7 Å². The van der Waals surface area contributed by atoms with Crippen LogP contribution in [0.25, 0.3) is 0 Å². The number of phosphoric acid groups is 2. The van der Waals surface area contributed by atoms with Crippen LogP contribution in [0, 0.1) is 5.92 Å². The standard InChI is InChI=1S/C80H156O17P2/c1-6-9-12-15-18-21-24-27-29-31-33-39-44-49-54-59-64-78(83)91-70-76(96-79(84)65-60-55-50-45-40-34-32-30-28-25-22-19-16-13-10-7-2)72-95-99(88,89)93-68-74(81)67-92-98(86,87)94-71-75(69-90-77(82)63-58-53-48-43-38-26-23-20-17-14-11-8-3)97-80(85)66-61-56-51-46-41-36-35-37-42-47-52-57-62-73(4)5/h73-76,81H,6-72H2,1-5H3,(H,86,87)(H,88,89)/t74-,75+,76+/m0/s1. The molecule has 0 aromatic rings. The first-order chi connectivity index (χ1) is 48.0. The number of aliphatic hydroxyl groups excluding tert-OH is 1. The van der Waals surface area contributed by atoms with E-state index >= 15 is 0 Å². The van der Waals surface area contributed by atoms with Crippen molar-refractivity contribution in [2.75, 3.05) is 39.6 Å². The molecule has 0 aromatic carbocycles. The molecule has 19 heteroatoms. The zero-order valence-corrected chi connectivity index (χ0v) is 66.4. The quantitative estimate of drug-likeness (QED) is 0.0222. The van der Waals surface area contributed by atoms with Crippen LogP contribution in [0.5, 0.6) is 0 Å². The summed E-state index contributed by atoms with van der Waals surface area (Å²) in [7, 11) is -9.92. The van der Waals surface area contributed by atoms with Crippen molar-refractivity contribution < 1.29 is 80.2 Å². The molecule has 0 bridgehead atoms. The molecule has 0 radical (unpaired) electrons. The van der Waals surface area contributed by atoms with Crippen molar-refractivity contribution in [1.29, 1.82) is 0 Å². The summed E-state index contributed by atoms with van der Waals surface area (Å²) in [5.74, 6) is -1.33. The van der Waals surface area contributed by atoms with E-state index in [1.165, 1.54) is 250 Å². The van der Waals surface area contributed by atoms with Crippen LogP contribution in [0.2, 0.25) is 0 Å². The minimum atomic E-state index is -4.96. The first-order valence-corrected chi connectivity index (χ1v) is 44.6. The summed E-state index contributed by atoms with van der Waals surface area (Å²) in [4.78, 5) is 73.0. The van der Waals surface area contributed by atoms with E-state index in [-0.39, 0.29) is 25.7 Å². The van der Waals surface area contributed by atoms with Gasteiger partial charge >= 0.3 is 39.5 Å². The first kappa shape index (κ1) is 97.1. The van der Waals surface area contributed by atoms with E-state index < -0.39 is 97.5 Å². The fourth-order valence-electron chi connectivity index (χ4n) is 12.4. The summed E-state index contributed by atoms with van der Waals surface area (Å²) in [6.07, 6.45) is 63.6. The molecular formula is C80H156O17P2. The Balaban J connectivity index is 5.26. The van der Waals surface area contributed by atoms with Gasteiger partial charge in [-0.25, -0.2) is 9.13 Å². The van der Waals surface area contributed by atoms with Crippen molar-refractivity contribution in [3.63, 3.8) is 0 Å². The SMILES string of the molecule is CCCCCCCCCCCCCCCCCCC(=O)OC[C@H](COP(=O)(O)OC[C@@H](O)COP(=O)(O)OC[C@@H](COC(=O)CCCCCCCCCCCCCC)OC(=O)CCCCCCCCCCCCCCC(C)C)OC(=O)CCCCCCCCCCCCCCCCCC. The van der Waals surface area contributed by atoms with Crippen LogP contribution >= 0.6 is 15.6 Å². The molecule has 0 amide bonds. The Bertz CT molecular complexity index is 1890. The highest BCUT2D eigenvalue weighted by Gasteiger charge is 2.30. The van der Waals surface area contributed by atoms with E-state index in [1.54, 1.807) is 0 Å². The minimum absolute atomic E-state index is 0.108. The molecule has 0 saturated carbocycles. The fraction of sp³-hybridized carbons (Fsp3) is 0.950. The molecule has 0 aromatic heterocycles. The van der Waals surface area contributed by atoms with Crippen LogP contribution in [0.15, 0.2) is 0 Å². The molecule has 0 fully saturated rings. The molecule has 588 valence electrons. The Kier molecular flexibility index (Phi) is 71.6. The van der Waals surface area contributed by atoms with Crippen molar-refractivity contribution in [3.8, 4) is 0 Å². The van der Waals surface area contributed by atoms with E-state index in [4.69, 9.17) is 37.0 Å². The molecular weight excluding hydrogens is 1290 g/mol. The summed E-state index contributed by atoms with van der Waals surface area (Å²) in [6, 6.07) is 0. The number of hydrogen-bond acceptors (Lipinski definition) is 15. The maximum Gasteiger partial charge on any atom is 0.472 e. The van der Waals surface area contributed by atoms with Crippen LogP contribution in [0.3, 0.4) is 0 Å². The lowest BCUT2D eigenvalue weighted by molar-refractivity contribution is -0.161. The number of unbranched alkanes of at least 4 members (excludes halogenated alkanes) is 52. The molecule has 0 heterocycles. The summed E-state index contributed by atoms with van der Waals surface area (Å²) >= 11 is 0. The Morgan fingerprint density at radius 3 is 0.687 bits per heavy atom. The van der Waals surface area contributed by atoms with E-state index in [0.717, 1.165) is 95.8 Å². The number of rotatable bonds is 80. The van der Waals surface area contributed by atoms with Crippen molar-refractivity contribution in [3.05, 3.63) is 0 Å². The van der Waals surface area contributed by atoms with Gasteiger partial charge in [0.05, 0.1) is 26.4 Å². The number of aliphatic hydroxyl groups is 1. The lowest BCUT2D eigenvalue weighted by atomic mass is 10.0. The highest BCUT2D eigenvalue weighted by atomic mass is 31.2. The second-order valence-corrected chi connectivity index (χ2v) is 32.2. The maximum absolute atomic E-state index is 13.1. The van der Waals surface area contributed by atoms with Crippen LogP contribution < -0.4 is 0 Å². The number of carbonyl (C=O) groups is 4. The third kappa shape index (κ3) is 74.1. The highest BCUT2D eigenvalue weighted by Crippen LogP contribution is 2.45. The number of phosphoric ester groups is 2. The van der Waals surface area contributed by atoms with Gasteiger partial charge in [0.15, 0.2) is 12.2 Å². The first-order valence-electron chi connectivity index (χ1n) is 41.6. The zero-order valence-electron chi connectivity index (χ0n) is 64.6. The highest BCUT2D eigenvalue weighted by molar-refractivity contribution is 7.47. The number of esters is 4. The molecule has 0 saturated heterocycles. The molecule has 0 spiro atoms. The zero-order chi connectivity index (χ0) is 72.7.